The standard InChI is InChI=1S/C13H24N2S/c1-3-4-5-9-15(2)10-8-14-12-13-7-6-11-16-13/h6-7,11,14H,3-5,8-10,12H2,1-2H3. The van der Waals surface area contributed by atoms with Crippen molar-refractivity contribution in [1.29, 1.82) is 0 Å². The zero-order valence-electron chi connectivity index (χ0n) is 10.5. The Hall–Kier alpha value is -0.380. The van der Waals surface area contributed by atoms with Crippen LogP contribution in [0.3, 0.4) is 0 Å². The maximum Gasteiger partial charge on any atom is 0.0300 e. The molecule has 3 heteroatoms. The zero-order chi connectivity index (χ0) is 11.6. The van der Waals surface area contributed by atoms with Crippen LogP contribution in [0.1, 0.15) is 31.1 Å². The van der Waals surface area contributed by atoms with Crippen LogP contribution in [0.15, 0.2) is 17.5 Å². The highest BCUT2D eigenvalue weighted by Crippen LogP contribution is 2.06. The van der Waals surface area contributed by atoms with Gasteiger partial charge in [0.05, 0.1) is 0 Å². The number of hydrogen-bond donors (Lipinski definition) is 1. The molecule has 1 aromatic rings. The van der Waals surface area contributed by atoms with Gasteiger partial charge in [-0.2, -0.15) is 0 Å². The van der Waals surface area contributed by atoms with Crippen LogP contribution in [0.4, 0.5) is 0 Å². The Kier molecular flexibility index (Phi) is 7.47. The third kappa shape index (κ3) is 6.26. The van der Waals surface area contributed by atoms with Crippen LogP contribution in [0.25, 0.3) is 0 Å². The molecule has 0 aliphatic heterocycles. The van der Waals surface area contributed by atoms with Crippen LogP contribution in [0, 0.1) is 0 Å². The number of thiophene rings is 1. The van der Waals surface area contributed by atoms with Gasteiger partial charge < -0.3 is 10.2 Å². The van der Waals surface area contributed by atoms with E-state index in [0.29, 0.717) is 0 Å². The second-order valence-electron chi connectivity index (χ2n) is 4.27. The van der Waals surface area contributed by atoms with Gasteiger partial charge in [0, 0.05) is 24.5 Å². The van der Waals surface area contributed by atoms with E-state index in [0.717, 1.165) is 19.6 Å². The normalized spacial score (nSPS) is 11.2. The molecule has 1 heterocycles. The maximum absolute atomic E-state index is 3.48. The quantitative estimate of drug-likeness (QED) is 0.668. The van der Waals surface area contributed by atoms with E-state index in [9.17, 15) is 0 Å². The van der Waals surface area contributed by atoms with Crippen LogP contribution in [0.2, 0.25) is 0 Å². The van der Waals surface area contributed by atoms with Crippen molar-refractivity contribution >= 4 is 11.3 Å². The molecule has 1 aromatic heterocycles. The number of nitrogens with zero attached hydrogens (tertiary/aromatic N) is 1. The van der Waals surface area contributed by atoms with Crippen molar-refractivity contribution in [2.24, 2.45) is 0 Å². The maximum atomic E-state index is 3.48. The van der Waals surface area contributed by atoms with E-state index in [1.165, 1.54) is 30.7 Å². The number of nitrogens with one attached hydrogen (secondary N) is 1. The predicted molar refractivity (Wildman–Crippen MR) is 73.0 cm³/mol. The molecule has 0 aliphatic carbocycles. The molecule has 16 heavy (non-hydrogen) atoms. The lowest BCUT2D eigenvalue weighted by molar-refractivity contribution is 0.323. The monoisotopic (exact) mass is 240 g/mol. The van der Waals surface area contributed by atoms with E-state index in [-0.39, 0.29) is 0 Å². The number of hydrogen-bond acceptors (Lipinski definition) is 3. The van der Waals surface area contributed by atoms with Crippen molar-refractivity contribution in [2.75, 3.05) is 26.7 Å². The van der Waals surface area contributed by atoms with Crippen LogP contribution in [0.5, 0.6) is 0 Å². The van der Waals surface area contributed by atoms with Crippen molar-refractivity contribution < 1.29 is 0 Å². The van der Waals surface area contributed by atoms with Gasteiger partial charge >= 0.3 is 0 Å². The van der Waals surface area contributed by atoms with Crippen LogP contribution in [-0.4, -0.2) is 31.6 Å². The topological polar surface area (TPSA) is 15.3 Å². The first-order valence-electron chi connectivity index (χ1n) is 6.24. The molecule has 0 fully saturated rings. The fraction of sp³-hybridized carbons (Fsp3) is 0.692. The molecule has 0 saturated carbocycles. The second kappa shape index (κ2) is 8.74. The Balaban J connectivity index is 1.94. The van der Waals surface area contributed by atoms with Gasteiger partial charge in [-0.15, -0.1) is 11.3 Å². The van der Waals surface area contributed by atoms with Gasteiger partial charge in [-0.05, 0) is 31.5 Å². The summed E-state index contributed by atoms with van der Waals surface area (Å²) in [6.07, 6.45) is 4.00. The summed E-state index contributed by atoms with van der Waals surface area (Å²) in [5, 5.41) is 5.61. The molecule has 0 aromatic carbocycles. The molecule has 0 saturated heterocycles. The van der Waals surface area contributed by atoms with E-state index in [4.69, 9.17) is 0 Å². The number of rotatable bonds is 9. The summed E-state index contributed by atoms with van der Waals surface area (Å²) in [6.45, 7) is 6.73. The van der Waals surface area contributed by atoms with E-state index in [2.05, 4.69) is 41.7 Å². The first-order valence-corrected chi connectivity index (χ1v) is 7.12. The third-order valence-electron chi connectivity index (χ3n) is 2.69. The highest BCUT2D eigenvalue weighted by Gasteiger charge is 1.97. The zero-order valence-corrected chi connectivity index (χ0v) is 11.4. The lowest BCUT2D eigenvalue weighted by Crippen LogP contribution is -2.29. The van der Waals surface area contributed by atoms with Crippen molar-refractivity contribution in [3.8, 4) is 0 Å². The van der Waals surface area contributed by atoms with Gasteiger partial charge in [0.2, 0.25) is 0 Å². The van der Waals surface area contributed by atoms with Crippen molar-refractivity contribution in [3.63, 3.8) is 0 Å². The van der Waals surface area contributed by atoms with Gasteiger partial charge in [-0.1, -0.05) is 25.8 Å². The fourth-order valence-electron chi connectivity index (χ4n) is 1.64. The highest BCUT2D eigenvalue weighted by atomic mass is 32.1. The summed E-state index contributed by atoms with van der Waals surface area (Å²) in [4.78, 5) is 3.84. The molecule has 0 radical (unpaired) electrons. The highest BCUT2D eigenvalue weighted by molar-refractivity contribution is 7.09. The summed E-state index contributed by atoms with van der Waals surface area (Å²) < 4.78 is 0. The van der Waals surface area contributed by atoms with E-state index < -0.39 is 0 Å². The summed E-state index contributed by atoms with van der Waals surface area (Å²) >= 11 is 1.82. The molecule has 92 valence electrons. The Labute approximate surface area is 104 Å². The Morgan fingerprint density at radius 1 is 1.31 bits per heavy atom. The van der Waals surface area contributed by atoms with Gasteiger partial charge in [-0.3, -0.25) is 0 Å². The minimum Gasteiger partial charge on any atom is -0.311 e. The van der Waals surface area contributed by atoms with E-state index >= 15 is 0 Å². The van der Waals surface area contributed by atoms with Crippen molar-refractivity contribution in [3.05, 3.63) is 22.4 Å². The smallest absolute Gasteiger partial charge is 0.0300 e. The third-order valence-corrected chi connectivity index (χ3v) is 3.57. The van der Waals surface area contributed by atoms with Gasteiger partial charge in [0.1, 0.15) is 0 Å². The van der Waals surface area contributed by atoms with Crippen LogP contribution < -0.4 is 5.32 Å². The average molecular weight is 240 g/mol. The van der Waals surface area contributed by atoms with Crippen LogP contribution in [-0.2, 0) is 6.54 Å². The average Bonchev–Trinajstić information content (AvgIpc) is 2.78. The first-order chi connectivity index (χ1) is 7.83. The number of unbranched alkanes of at least 4 members (excludes halogenated alkanes) is 2. The Morgan fingerprint density at radius 3 is 2.88 bits per heavy atom. The molecule has 0 bridgehead atoms. The molecule has 2 nitrogen and oxygen atoms in total. The molecule has 0 aliphatic rings. The summed E-state index contributed by atoms with van der Waals surface area (Å²) in [5.74, 6) is 0. The molecule has 1 rings (SSSR count). The van der Waals surface area contributed by atoms with Gasteiger partial charge in [-0.25, -0.2) is 0 Å². The van der Waals surface area contributed by atoms with Gasteiger partial charge in [0.25, 0.3) is 0 Å². The Morgan fingerprint density at radius 2 is 2.19 bits per heavy atom. The van der Waals surface area contributed by atoms with Crippen LogP contribution >= 0.6 is 11.3 Å². The van der Waals surface area contributed by atoms with E-state index in [1.54, 1.807) is 0 Å². The molecule has 0 spiro atoms. The lowest BCUT2D eigenvalue weighted by atomic mass is 10.2. The van der Waals surface area contributed by atoms with Crippen molar-refractivity contribution in [2.45, 2.75) is 32.7 Å². The molecular weight excluding hydrogens is 216 g/mol. The van der Waals surface area contributed by atoms with E-state index in [1.807, 2.05) is 11.3 Å². The van der Waals surface area contributed by atoms with Crippen molar-refractivity contribution in [1.82, 2.24) is 10.2 Å². The minimum absolute atomic E-state index is 1.01. The largest absolute Gasteiger partial charge is 0.311 e. The Bertz CT molecular complexity index is 246. The van der Waals surface area contributed by atoms with Gasteiger partial charge in [0.15, 0.2) is 0 Å². The molecule has 0 atom stereocenters. The lowest BCUT2D eigenvalue weighted by Gasteiger charge is -2.16. The number of likely N-dealkylation sites (N-methyl/N-ethyl adjacent to an activating group) is 1. The molecular formula is C13H24N2S. The molecule has 1 N–H and O–H groups in total. The SMILES string of the molecule is CCCCCN(C)CCNCc1cccs1. The second-order valence-corrected chi connectivity index (χ2v) is 5.30. The summed E-state index contributed by atoms with van der Waals surface area (Å²) in [6, 6.07) is 4.29. The molecule has 0 amide bonds. The minimum atomic E-state index is 1.01. The first kappa shape index (κ1) is 13.7. The fourth-order valence-corrected chi connectivity index (χ4v) is 2.31. The summed E-state index contributed by atoms with van der Waals surface area (Å²) in [7, 11) is 2.21. The summed E-state index contributed by atoms with van der Waals surface area (Å²) in [5.41, 5.74) is 0. The predicted octanol–water partition coefficient (Wildman–Crippen LogP) is 2.96. The molecule has 0 unspecified atom stereocenters.